The molecular weight excluding hydrogens is 286 g/mol. The van der Waals surface area contributed by atoms with Gasteiger partial charge in [0.2, 0.25) is 12.8 Å². The minimum Gasteiger partial charge on any atom is -0.457 e. The van der Waals surface area contributed by atoms with Gasteiger partial charge in [-0.3, -0.25) is 10.1 Å². The highest BCUT2D eigenvalue weighted by molar-refractivity contribution is 6.13. The lowest BCUT2D eigenvalue weighted by Crippen LogP contribution is -2.30. The Morgan fingerprint density at radius 2 is 2.05 bits per heavy atom. The summed E-state index contributed by atoms with van der Waals surface area (Å²) in [7, 11) is 0. The number of carbonyl (C=O) groups excluding carboxylic acids is 1. The highest BCUT2D eigenvalue weighted by atomic mass is 16.7. The van der Waals surface area contributed by atoms with Gasteiger partial charge in [0.15, 0.2) is 11.5 Å². The van der Waals surface area contributed by atoms with E-state index in [0.717, 1.165) is 5.56 Å². The molecule has 0 atom stereocenters. The van der Waals surface area contributed by atoms with Crippen molar-refractivity contribution in [1.82, 2.24) is 5.32 Å². The minimum atomic E-state index is -0.349. The number of benzene rings is 1. The molecule has 1 aromatic carbocycles. The van der Waals surface area contributed by atoms with Crippen molar-refractivity contribution >= 4 is 17.9 Å². The Bertz CT molecular complexity index is 835. The lowest BCUT2D eigenvalue weighted by Gasteiger charge is -1.99. The van der Waals surface area contributed by atoms with E-state index in [-0.39, 0.29) is 24.4 Å². The molecule has 7 heteroatoms. The number of amides is 1. The van der Waals surface area contributed by atoms with Crippen LogP contribution in [-0.2, 0) is 4.79 Å². The van der Waals surface area contributed by atoms with Gasteiger partial charge in [-0.05, 0) is 30.3 Å². The van der Waals surface area contributed by atoms with Crippen molar-refractivity contribution in [3.63, 3.8) is 0 Å². The Morgan fingerprint density at radius 1 is 1.18 bits per heavy atom. The van der Waals surface area contributed by atoms with Crippen LogP contribution >= 0.6 is 0 Å². The number of carbonyl (C=O) groups is 1. The molecular formula is C15H11N3O4. The number of rotatable bonds is 2. The molecule has 0 spiro atoms. The molecule has 0 saturated carbocycles. The van der Waals surface area contributed by atoms with Gasteiger partial charge in [0.1, 0.15) is 17.2 Å². The first kappa shape index (κ1) is 12.5. The molecule has 22 heavy (non-hydrogen) atoms. The second-order valence-corrected chi connectivity index (χ2v) is 4.75. The maximum absolute atomic E-state index is 11.5. The van der Waals surface area contributed by atoms with Gasteiger partial charge in [-0.1, -0.05) is 0 Å². The van der Waals surface area contributed by atoms with Gasteiger partial charge >= 0.3 is 0 Å². The molecule has 3 N–H and O–H groups in total. The first-order valence-electron chi connectivity index (χ1n) is 6.56. The zero-order chi connectivity index (χ0) is 15.1. The molecule has 0 saturated heterocycles. The summed E-state index contributed by atoms with van der Waals surface area (Å²) in [5, 5.41) is 2.40. The predicted octanol–water partition coefficient (Wildman–Crippen LogP) is 1.46. The summed E-state index contributed by atoms with van der Waals surface area (Å²) in [6, 6.07) is 9.11. The van der Waals surface area contributed by atoms with Crippen molar-refractivity contribution in [3.05, 3.63) is 41.8 Å². The molecule has 0 unspecified atom stereocenters. The second kappa shape index (κ2) is 4.66. The van der Waals surface area contributed by atoms with E-state index in [2.05, 4.69) is 10.3 Å². The highest BCUT2D eigenvalue weighted by Crippen LogP contribution is 2.36. The maximum Gasteiger partial charge on any atom is 0.276 e. The first-order chi connectivity index (χ1) is 10.7. The number of hydrogen-bond acceptors (Lipinski definition) is 6. The van der Waals surface area contributed by atoms with Crippen LogP contribution in [0.5, 0.6) is 11.5 Å². The monoisotopic (exact) mass is 297 g/mol. The molecule has 3 heterocycles. The van der Waals surface area contributed by atoms with Crippen molar-refractivity contribution in [2.24, 2.45) is 10.7 Å². The average Bonchev–Trinajstić information content (AvgIpc) is 3.19. The fourth-order valence-electron chi connectivity index (χ4n) is 2.26. The average molecular weight is 297 g/mol. The van der Waals surface area contributed by atoms with Crippen molar-refractivity contribution in [1.29, 1.82) is 0 Å². The first-order valence-corrected chi connectivity index (χ1v) is 6.56. The third-order valence-electron chi connectivity index (χ3n) is 3.28. The van der Waals surface area contributed by atoms with Gasteiger partial charge in [0.25, 0.3) is 5.91 Å². The predicted molar refractivity (Wildman–Crippen MR) is 78.0 cm³/mol. The van der Waals surface area contributed by atoms with E-state index in [1.807, 2.05) is 24.3 Å². The molecule has 0 fully saturated rings. The van der Waals surface area contributed by atoms with Crippen LogP contribution in [0.15, 0.2) is 45.4 Å². The molecule has 0 radical (unpaired) electrons. The number of guanidine groups is 1. The van der Waals surface area contributed by atoms with Crippen LogP contribution < -0.4 is 20.5 Å². The summed E-state index contributed by atoms with van der Waals surface area (Å²) < 4.78 is 16.3. The van der Waals surface area contributed by atoms with Crippen LogP contribution in [0.1, 0.15) is 5.76 Å². The van der Waals surface area contributed by atoms with E-state index in [4.69, 9.17) is 19.6 Å². The van der Waals surface area contributed by atoms with Gasteiger partial charge in [-0.25, -0.2) is 4.99 Å². The summed E-state index contributed by atoms with van der Waals surface area (Å²) >= 11 is 0. The van der Waals surface area contributed by atoms with Crippen LogP contribution in [0.25, 0.3) is 17.4 Å². The summed E-state index contributed by atoms with van der Waals surface area (Å²) in [5.41, 5.74) is 6.50. The number of hydrogen-bond donors (Lipinski definition) is 2. The third-order valence-corrected chi connectivity index (χ3v) is 3.28. The summed E-state index contributed by atoms with van der Waals surface area (Å²) in [4.78, 5) is 15.4. The Hall–Kier alpha value is -3.22. The zero-order valence-corrected chi connectivity index (χ0v) is 11.3. The number of ether oxygens (including phenoxy) is 2. The number of nitrogens with two attached hydrogens (primary N) is 1. The zero-order valence-electron chi connectivity index (χ0n) is 11.3. The minimum absolute atomic E-state index is 0.0822. The summed E-state index contributed by atoms with van der Waals surface area (Å²) in [6.45, 7) is 0.225. The van der Waals surface area contributed by atoms with Crippen molar-refractivity contribution in [2.75, 3.05) is 6.79 Å². The van der Waals surface area contributed by atoms with Crippen LogP contribution in [-0.4, -0.2) is 18.7 Å². The van der Waals surface area contributed by atoms with Gasteiger partial charge in [0, 0.05) is 11.6 Å². The molecule has 0 aliphatic carbocycles. The van der Waals surface area contributed by atoms with Gasteiger partial charge in [0.05, 0.1) is 0 Å². The van der Waals surface area contributed by atoms with Crippen LogP contribution in [0.3, 0.4) is 0 Å². The van der Waals surface area contributed by atoms with Gasteiger partial charge in [-0.2, -0.15) is 0 Å². The Kier molecular flexibility index (Phi) is 2.65. The number of nitrogens with zero attached hydrogens (tertiary/aromatic N) is 1. The topological polar surface area (TPSA) is 99.1 Å². The van der Waals surface area contributed by atoms with Crippen LogP contribution in [0, 0.1) is 0 Å². The molecule has 110 valence electrons. The smallest absolute Gasteiger partial charge is 0.276 e. The lowest BCUT2D eigenvalue weighted by molar-refractivity contribution is -0.115. The quantitative estimate of drug-likeness (QED) is 0.818. The molecule has 4 rings (SSSR count). The molecule has 2 aliphatic rings. The van der Waals surface area contributed by atoms with E-state index >= 15 is 0 Å². The normalized spacial score (nSPS) is 17.7. The summed E-state index contributed by atoms with van der Waals surface area (Å²) in [5.74, 6) is 2.29. The molecule has 2 aliphatic heterocycles. The van der Waals surface area contributed by atoms with E-state index in [1.165, 1.54) is 6.08 Å². The van der Waals surface area contributed by atoms with Crippen molar-refractivity contribution in [2.45, 2.75) is 0 Å². The largest absolute Gasteiger partial charge is 0.457 e. The fraction of sp³-hybridized carbons (Fsp3) is 0.0667. The maximum atomic E-state index is 11.5. The third kappa shape index (κ3) is 2.08. The molecule has 1 amide bonds. The standard InChI is InChI=1S/C15H11N3O4/c16-15-17-10(14(19)18-15)6-9-2-4-11(22-9)8-1-3-12-13(5-8)21-7-20-12/h1-6H,7H2,(H3,16,17,18,19). The Labute approximate surface area is 125 Å². The second-order valence-electron chi connectivity index (χ2n) is 4.75. The van der Waals surface area contributed by atoms with E-state index in [1.54, 1.807) is 6.07 Å². The molecule has 2 aromatic rings. The molecule has 7 nitrogen and oxygen atoms in total. The van der Waals surface area contributed by atoms with Crippen LogP contribution in [0.4, 0.5) is 0 Å². The Morgan fingerprint density at radius 3 is 2.86 bits per heavy atom. The van der Waals surface area contributed by atoms with Crippen LogP contribution in [0.2, 0.25) is 0 Å². The number of nitrogens with one attached hydrogen (secondary N) is 1. The molecule has 1 aromatic heterocycles. The lowest BCUT2D eigenvalue weighted by atomic mass is 10.1. The fourth-order valence-corrected chi connectivity index (χ4v) is 2.26. The number of aliphatic imine (C=N–C) groups is 1. The van der Waals surface area contributed by atoms with E-state index in [0.29, 0.717) is 23.0 Å². The molecule has 0 bridgehead atoms. The highest BCUT2D eigenvalue weighted by Gasteiger charge is 2.19. The van der Waals surface area contributed by atoms with E-state index < -0.39 is 0 Å². The van der Waals surface area contributed by atoms with Gasteiger partial charge in [-0.15, -0.1) is 0 Å². The van der Waals surface area contributed by atoms with Gasteiger partial charge < -0.3 is 19.6 Å². The SMILES string of the molecule is NC1=NC(=Cc2ccc(-c3ccc4c(c3)OCO4)o2)C(=O)N1. The number of fused-ring (bicyclic) bond motifs is 1. The van der Waals surface area contributed by atoms with Crippen molar-refractivity contribution in [3.8, 4) is 22.8 Å². The van der Waals surface area contributed by atoms with E-state index in [9.17, 15) is 4.79 Å². The van der Waals surface area contributed by atoms with Crippen molar-refractivity contribution < 1.29 is 18.7 Å². The Balaban J connectivity index is 1.65. The summed E-state index contributed by atoms with van der Waals surface area (Å²) in [6.07, 6.45) is 1.53. The number of furan rings is 1.